The number of ether oxygens (including phenoxy) is 1. The maximum absolute atomic E-state index is 6.28. The minimum absolute atomic E-state index is 0.00135. The van der Waals surface area contributed by atoms with E-state index in [1.54, 1.807) is 6.20 Å². The zero-order chi connectivity index (χ0) is 13.7. The Morgan fingerprint density at radius 1 is 1.58 bits per heavy atom. The smallest absolute Gasteiger partial charge is 0.123 e. The molecule has 5 nitrogen and oxygen atoms in total. The van der Waals surface area contributed by atoms with E-state index in [1.165, 1.54) is 6.42 Å². The first-order valence-electron chi connectivity index (χ1n) is 6.99. The van der Waals surface area contributed by atoms with Crippen LogP contribution in [0, 0.1) is 0 Å². The highest BCUT2D eigenvalue weighted by molar-refractivity contribution is 5.32. The third-order valence-electron chi connectivity index (χ3n) is 3.51. The Morgan fingerprint density at radius 3 is 3.16 bits per heavy atom. The lowest BCUT2D eigenvalue weighted by atomic mass is 10.0. The van der Waals surface area contributed by atoms with Crippen LogP contribution in [-0.4, -0.2) is 48.3 Å². The van der Waals surface area contributed by atoms with Gasteiger partial charge in [-0.15, -0.1) is 0 Å². The number of nitrogens with zero attached hydrogens (tertiary/aromatic N) is 2. The molecule has 2 unspecified atom stereocenters. The highest BCUT2D eigenvalue weighted by Crippen LogP contribution is 2.13. The van der Waals surface area contributed by atoms with Crippen molar-refractivity contribution in [1.29, 1.82) is 0 Å². The van der Waals surface area contributed by atoms with Gasteiger partial charge >= 0.3 is 0 Å². The summed E-state index contributed by atoms with van der Waals surface area (Å²) in [6.45, 7) is 6.03. The van der Waals surface area contributed by atoms with Crippen molar-refractivity contribution in [3.05, 3.63) is 23.9 Å². The molecule has 0 saturated carbocycles. The summed E-state index contributed by atoms with van der Waals surface area (Å²) in [5, 5.41) is 0. The summed E-state index contributed by atoms with van der Waals surface area (Å²) in [7, 11) is 0. The summed E-state index contributed by atoms with van der Waals surface area (Å²) in [5.41, 5.74) is 13.1. The Balaban J connectivity index is 1.90. The van der Waals surface area contributed by atoms with E-state index in [2.05, 4.69) is 16.8 Å². The fraction of sp³-hybridized carbons (Fsp3) is 0.643. The molecule has 0 radical (unpaired) electrons. The van der Waals surface area contributed by atoms with Crippen LogP contribution in [0.15, 0.2) is 18.3 Å². The highest BCUT2D eigenvalue weighted by Gasteiger charge is 2.25. The highest BCUT2D eigenvalue weighted by atomic mass is 16.5. The Bertz CT molecular complexity index is 397. The Labute approximate surface area is 114 Å². The molecule has 0 aromatic carbocycles. The van der Waals surface area contributed by atoms with E-state index in [1.807, 2.05) is 12.1 Å². The molecule has 19 heavy (non-hydrogen) atoms. The monoisotopic (exact) mass is 264 g/mol. The van der Waals surface area contributed by atoms with Crippen LogP contribution < -0.4 is 11.5 Å². The molecule has 2 heterocycles. The second kappa shape index (κ2) is 6.84. The van der Waals surface area contributed by atoms with Crippen LogP contribution in [0.25, 0.3) is 0 Å². The molecular formula is C14H24N4O. The molecule has 0 aliphatic carbocycles. The van der Waals surface area contributed by atoms with E-state index < -0.39 is 0 Å². The molecule has 1 fully saturated rings. The lowest BCUT2D eigenvalue weighted by molar-refractivity contribution is -0.0400. The van der Waals surface area contributed by atoms with Crippen molar-refractivity contribution in [2.24, 2.45) is 5.73 Å². The van der Waals surface area contributed by atoms with Gasteiger partial charge in [0.25, 0.3) is 0 Å². The van der Waals surface area contributed by atoms with Gasteiger partial charge in [0.15, 0.2) is 0 Å². The fourth-order valence-corrected chi connectivity index (χ4v) is 2.53. The molecule has 0 amide bonds. The van der Waals surface area contributed by atoms with Crippen LogP contribution in [-0.2, 0) is 11.2 Å². The number of anilines is 1. The van der Waals surface area contributed by atoms with Gasteiger partial charge in [0.05, 0.1) is 12.7 Å². The van der Waals surface area contributed by atoms with Gasteiger partial charge in [-0.25, -0.2) is 4.98 Å². The number of nitrogen functional groups attached to an aromatic ring is 1. The number of hydrogen-bond acceptors (Lipinski definition) is 5. The minimum Gasteiger partial charge on any atom is -0.384 e. The van der Waals surface area contributed by atoms with Crippen LogP contribution in [0.2, 0.25) is 0 Å². The lowest BCUT2D eigenvalue weighted by Crippen LogP contribution is -2.51. The van der Waals surface area contributed by atoms with Gasteiger partial charge in [-0.05, 0) is 37.1 Å². The molecule has 1 aromatic heterocycles. The predicted molar refractivity (Wildman–Crippen MR) is 76.8 cm³/mol. The maximum Gasteiger partial charge on any atom is 0.123 e. The van der Waals surface area contributed by atoms with Crippen LogP contribution in [0.5, 0.6) is 0 Å². The topological polar surface area (TPSA) is 77.4 Å². The lowest BCUT2D eigenvalue weighted by Gasteiger charge is -2.35. The summed E-state index contributed by atoms with van der Waals surface area (Å²) in [4.78, 5) is 6.42. The second-order valence-electron chi connectivity index (χ2n) is 5.17. The zero-order valence-electron chi connectivity index (χ0n) is 11.6. The third-order valence-corrected chi connectivity index (χ3v) is 3.51. The Kier molecular flexibility index (Phi) is 5.13. The van der Waals surface area contributed by atoms with Crippen molar-refractivity contribution < 1.29 is 4.74 Å². The van der Waals surface area contributed by atoms with Gasteiger partial charge < -0.3 is 16.2 Å². The van der Waals surface area contributed by atoms with Crippen molar-refractivity contribution >= 4 is 5.82 Å². The van der Waals surface area contributed by atoms with Gasteiger partial charge in [-0.1, -0.05) is 6.92 Å². The third kappa shape index (κ3) is 4.16. The molecule has 1 saturated heterocycles. The average Bonchev–Trinajstić information content (AvgIpc) is 2.39. The van der Waals surface area contributed by atoms with Gasteiger partial charge in [0.2, 0.25) is 0 Å². The van der Waals surface area contributed by atoms with E-state index in [4.69, 9.17) is 16.2 Å². The van der Waals surface area contributed by atoms with Crippen LogP contribution in [0.1, 0.15) is 18.9 Å². The van der Waals surface area contributed by atoms with Crippen molar-refractivity contribution in [3.63, 3.8) is 0 Å². The number of nitrogens with two attached hydrogens (primary N) is 2. The molecule has 2 atom stereocenters. The quantitative estimate of drug-likeness (QED) is 0.816. The number of hydrogen-bond donors (Lipinski definition) is 2. The summed E-state index contributed by atoms with van der Waals surface area (Å²) >= 11 is 0. The number of pyridine rings is 1. The van der Waals surface area contributed by atoms with E-state index >= 15 is 0 Å². The maximum atomic E-state index is 6.28. The van der Waals surface area contributed by atoms with Crippen molar-refractivity contribution in [2.75, 3.05) is 32.0 Å². The molecule has 106 valence electrons. The van der Waals surface area contributed by atoms with Gasteiger partial charge in [-0.3, -0.25) is 4.90 Å². The Morgan fingerprint density at radius 2 is 2.42 bits per heavy atom. The molecular weight excluding hydrogens is 240 g/mol. The summed E-state index contributed by atoms with van der Waals surface area (Å²) in [6.07, 6.45) is 3.78. The average molecular weight is 264 g/mol. The second-order valence-corrected chi connectivity index (χ2v) is 5.17. The van der Waals surface area contributed by atoms with E-state index in [9.17, 15) is 0 Å². The number of morpholine rings is 1. The van der Waals surface area contributed by atoms with Gasteiger partial charge in [0, 0.05) is 25.3 Å². The molecule has 1 aliphatic heterocycles. The first-order valence-corrected chi connectivity index (χ1v) is 6.99. The van der Waals surface area contributed by atoms with Gasteiger partial charge in [0.1, 0.15) is 5.82 Å². The zero-order valence-corrected chi connectivity index (χ0v) is 11.6. The SMILES string of the molecule is CCCN1CCOC(C(N)Cc2ccnc(N)c2)C1. The normalized spacial score (nSPS) is 22.3. The van der Waals surface area contributed by atoms with Crippen molar-refractivity contribution in [3.8, 4) is 0 Å². The molecule has 4 N–H and O–H groups in total. The molecule has 5 heteroatoms. The largest absolute Gasteiger partial charge is 0.384 e. The molecule has 1 aromatic rings. The molecule has 1 aliphatic rings. The van der Waals surface area contributed by atoms with E-state index in [0.29, 0.717) is 5.82 Å². The number of aromatic nitrogens is 1. The molecule has 2 rings (SSSR count). The summed E-state index contributed by atoms with van der Waals surface area (Å²) in [6, 6.07) is 3.84. The minimum atomic E-state index is 0.00135. The van der Waals surface area contributed by atoms with Crippen LogP contribution in [0.3, 0.4) is 0 Å². The van der Waals surface area contributed by atoms with Crippen LogP contribution >= 0.6 is 0 Å². The number of rotatable bonds is 5. The first-order chi connectivity index (χ1) is 9.19. The molecule has 0 bridgehead atoms. The summed E-state index contributed by atoms with van der Waals surface area (Å²) in [5.74, 6) is 0.543. The van der Waals surface area contributed by atoms with E-state index in [0.717, 1.165) is 38.2 Å². The Hall–Kier alpha value is -1.17. The van der Waals surface area contributed by atoms with E-state index in [-0.39, 0.29) is 12.1 Å². The van der Waals surface area contributed by atoms with Gasteiger partial charge in [-0.2, -0.15) is 0 Å². The van der Waals surface area contributed by atoms with Crippen molar-refractivity contribution in [2.45, 2.75) is 31.9 Å². The standard InChI is InChI=1S/C14H24N4O/c1-2-5-18-6-7-19-13(10-18)12(15)8-11-3-4-17-14(16)9-11/h3-4,9,12-13H,2,5-8,10,15H2,1H3,(H2,16,17). The summed E-state index contributed by atoms with van der Waals surface area (Å²) < 4.78 is 5.81. The first kappa shape index (κ1) is 14.2. The predicted octanol–water partition coefficient (Wildman–Crippen LogP) is 0.644. The van der Waals surface area contributed by atoms with Crippen molar-refractivity contribution in [1.82, 2.24) is 9.88 Å². The molecule has 0 spiro atoms. The fourth-order valence-electron chi connectivity index (χ4n) is 2.53. The van der Waals surface area contributed by atoms with Crippen LogP contribution in [0.4, 0.5) is 5.82 Å².